The molecule has 0 N–H and O–H groups in total. The molecule has 1 aliphatic carbocycles. The van der Waals surface area contributed by atoms with Gasteiger partial charge < -0.3 is 0 Å². The third kappa shape index (κ3) is 2.53. The van der Waals surface area contributed by atoms with Crippen LogP contribution in [-0.2, 0) is 0 Å². The van der Waals surface area contributed by atoms with Gasteiger partial charge in [-0.2, -0.15) is 0 Å². The number of aryl methyl sites for hydroxylation is 1. The summed E-state index contributed by atoms with van der Waals surface area (Å²) in [6, 6.07) is 37.7. The van der Waals surface area contributed by atoms with E-state index in [4.69, 9.17) is 0 Å². The first kappa shape index (κ1) is 19.3. The molecule has 34 heavy (non-hydrogen) atoms. The van der Waals surface area contributed by atoms with E-state index in [0.717, 1.165) is 27.5 Å². The van der Waals surface area contributed by atoms with Crippen molar-refractivity contribution in [1.29, 1.82) is 0 Å². The van der Waals surface area contributed by atoms with Gasteiger partial charge in [-0.3, -0.25) is 0 Å². The maximum absolute atomic E-state index is 15.2. The highest BCUT2D eigenvalue weighted by Gasteiger charge is 2.31. The zero-order valence-electron chi connectivity index (χ0n) is 18.8. The van der Waals surface area contributed by atoms with E-state index in [1.165, 1.54) is 44.2 Å². The van der Waals surface area contributed by atoms with Crippen LogP contribution in [-0.4, -0.2) is 0 Å². The summed E-state index contributed by atoms with van der Waals surface area (Å²) in [4.78, 5) is 0. The lowest BCUT2D eigenvalue weighted by Crippen LogP contribution is -1.93. The second kappa shape index (κ2) is 7.13. The summed E-state index contributed by atoms with van der Waals surface area (Å²) in [6.45, 7) is 2.00. The Morgan fingerprint density at radius 2 is 0.912 bits per heavy atom. The van der Waals surface area contributed by atoms with Crippen molar-refractivity contribution in [3.05, 3.63) is 121 Å². The van der Waals surface area contributed by atoms with Gasteiger partial charge >= 0.3 is 0 Å². The molecular formula is C33H21F. The summed E-state index contributed by atoms with van der Waals surface area (Å²) in [7, 11) is 0. The monoisotopic (exact) mass is 436 g/mol. The molecule has 0 nitrogen and oxygen atoms in total. The maximum Gasteiger partial charge on any atom is 0.131 e. The standard InChI is InChI=1S/C33H21F/c1-20-16-17-25-31-26(18-19-27(34)28(20)31)33-30(22-12-6-3-7-13-22)24-15-9-8-14-23(24)29(32(25)33)21-10-4-2-5-11-21/h2-19H,1H3. The van der Waals surface area contributed by atoms with Crippen LogP contribution in [0.2, 0.25) is 0 Å². The van der Waals surface area contributed by atoms with Crippen LogP contribution >= 0.6 is 0 Å². The van der Waals surface area contributed by atoms with E-state index in [2.05, 4.69) is 97.1 Å². The Morgan fingerprint density at radius 3 is 1.44 bits per heavy atom. The number of hydrogen-bond donors (Lipinski definition) is 0. The number of halogens is 1. The van der Waals surface area contributed by atoms with Gasteiger partial charge in [-0.05, 0) is 73.8 Å². The van der Waals surface area contributed by atoms with Crippen LogP contribution in [0.1, 0.15) is 5.56 Å². The number of rotatable bonds is 2. The molecule has 6 aromatic rings. The van der Waals surface area contributed by atoms with Gasteiger partial charge in [0, 0.05) is 10.8 Å². The Morgan fingerprint density at radius 1 is 0.441 bits per heavy atom. The van der Waals surface area contributed by atoms with Crippen molar-refractivity contribution in [3.63, 3.8) is 0 Å². The van der Waals surface area contributed by atoms with Crippen molar-refractivity contribution in [2.75, 3.05) is 0 Å². The molecular weight excluding hydrogens is 415 g/mol. The predicted octanol–water partition coefficient (Wildman–Crippen LogP) is 9.42. The van der Waals surface area contributed by atoms with E-state index in [9.17, 15) is 0 Å². The Balaban J connectivity index is 1.78. The zero-order valence-corrected chi connectivity index (χ0v) is 18.8. The first-order chi connectivity index (χ1) is 16.7. The highest BCUT2D eigenvalue weighted by atomic mass is 19.1. The largest absolute Gasteiger partial charge is 0.206 e. The van der Waals surface area contributed by atoms with Crippen LogP contribution in [0.4, 0.5) is 4.39 Å². The van der Waals surface area contributed by atoms with Gasteiger partial charge in [0.15, 0.2) is 0 Å². The van der Waals surface area contributed by atoms with E-state index < -0.39 is 0 Å². The fourth-order valence-corrected chi connectivity index (χ4v) is 5.82. The van der Waals surface area contributed by atoms with E-state index >= 15 is 4.39 Å². The lowest BCUT2D eigenvalue weighted by Gasteiger charge is -2.20. The summed E-state index contributed by atoms with van der Waals surface area (Å²) in [5.74, 6) is -0.155. The summed E-state index contributed by atoms with van der Waals surface area (Å²) in [5, 5.41) is 4.19. The van der Waals surface area contributed by atoms with Crippen LogP contribution in [0.15, 0.2) is 109 Å². The number of fused-ring (bicyclic) bond motifs is 4. The summed E-state index contributed by atoms with van der Waals surface area (Å²) < 4.78 is 15.2. The second-order valence-electron chi connectivity index (χ2n) is 9.05. The maximum atomic E-state index is 15.2. The molecule has 0 atom stereocenters. The van der Waals surface area contributed by atoms with Gasteiger partial charge in [0.1, 0.15) is 5.82 Å². The quantitative estimate of drug-likeness (QED) is 0.253. The highest BCUT2D eigenvalue weighted by molar-refractivity contribution is 6.27. The molecule has 0 saturated carbocycles. The third-order valence-electron chi connectivity index (χ3n) is 7.20. The molecule has 0 heterocycles. The van der Waals surface area contributed by atoms with Gasteiger partial charge in [-0.1, -0.05) is 103 Å². The minimum absolute atomic E-state index is 0.155. The molecule has 0 unspecified atom stereocenters. The Kier molecular flexibility index (Phi) is 4.04. The van der Waals surface area contributed by atoms with Crippen molar-refractivity contribution in [1.82, 2.24) is 0 Å². The van der Waals surface area contributed by atoms with Crippen LogP contribution in [0.5, 0.6) is 0 Å². The van der Waals surface area contributed by atoms with Gasteiger partial charge in [0.05, 0.1) is 0 Å². The number of benzene rings is 6. The summed E-state index contributed by atoms with van der Waals surface area (Å²) in [5.41, 5.74) is 10.4. The average Bonchev–Trinajstić information content (AvgIpc) is 3.21. The molecule has 0 amide bonds. The second-order valence-corrected chi connectivity index (χ2v) is 9.05. The fourth-order valence-electron chi connectivity index (χ4n) is 5.82. The minimum atomic E-state index is -0.155. The van der Waals surface area contributed by atoms with Crippen LogP contribution in [0, 0.1) is 12.7 Å². The van der Waals surface area contributed by atoms with Crippen LogP contribution in [0.3, 0.4) is 0 Å². The SMILES string of the molecule is Cc1ccc2c3c(ccc(F)c13)-c1c-2c(-c2ccccc2)c2ccccc2c1-c1ccccc1. The molecule has 1 heteroatoms. The van der Waals surface area contributed by atoms with E-state index in [0.29, 0.717) is 0 Å². The number of hydrogen-bond acceptors (Lipinski definition) is 0. The molecule has 7 rings (SSSR count). The van der Waals surface area contributed by atoms with E-state index in [1.807, 2.05) is 13.0 Å². The van der Waals surface area contributed by atoms with Gasteiger partial charge in [-0.15, -0.1) is 0 Å². The molecule has 0 aliphatic heterocycles. The molecule has 0 aromatic heterocycles. The van der Waals surface area contributed by atoms with Gasteiger partial charge in [0.25, 0.3) is 0 Å². The Hall–Kier alpha value is -4.23. The normalized spacial score (nSPS) is 11.8. The molecule has 0 spiro atoms. The summed E-state index contributed by atoms with van der Waals surface area (Å²) in [6.07, 6.45) is 0. The van der Waals surface area contributed by atoms with Crippen molar-refractivity contribution >= 4 is 21.5 Å². The molecule has 6 aromatic carbocycles. The first-order valence-electron chi connectivity index (χ1n) is 11.7. The first-order valence-corrected chi connectivity index (χ1v) is 11.7. The molecule has 0 saturated heterocycles. The van der Waals surface area contributed by atoms with Crippen molar-refractivity contribution in [2.45, 2.75) is 6.92 Å². The van der Waals surface area contributed by atoms with Crippen LogP contribution in [0.25, 0.3) is 66.1 Å². The lowest BCUT2D eigenvalue weighted by molar-refractivity contribution is 0.639. The molecule has 0 fully saturated rings. The molecule has 160 valence electrons. The van der Waals surface area contributed by atoms with Gasteiger partial charge in [0.2, 0.25) is 0 Å². The minimum Gasteiger partial charge on any atom is -0.206 e. The van der Waals surface area contributed by atoms with Crippen molar-refractivity contribution in [3.8, 4) is 44.5 Å². The predicted molar refractivity (Wildman–Crippen MR) is 141 cm³/mol. The van der Waals surface area contributed by atoms with E-state index in [1.54, 1.807) is 6.07 Å². The fraction of sp³-hybridized carbons (Fsp3) is 0.0303. The smallest absolute Gasteiger partial charge is 0.131 e. The van der Waals surface area contributed by atoms with Gasteiger partial charge in [-0.25, -0.2) is 4.39 Å². The molecule has 1 aliphatic rings. The molecule has 0 bridgehead atoms. The Bertz CT molecular complexity index is 1620. The van der Waals surface area contributed by atoms with Crippen molar-refractivity contribution < 1.29 is 4.39 Å². The molecule has 0 radical (unpaired) electrons. The third-order valence-corrected chi connectivity index (χ3v) is 7.20. The average molecular weight is 437 g/mol. The Labute approximate surface area is 197 Å². The lowest BCUT2D eigenvalue weighted by atomic mass is 9.82. The zero-order chi connectivity index (χ0) is 22.8. The van der Waals surface area contributed by atoms with E-state index in [-0.39, 0.29) is 5.82 Å². The summed E-state index contributed by atoms with van der Waals surface area (Å²) >= 11 is 0. The highest BCUT2D eigenvalue weighted by Crippen LogP contribution is 2.58. The van der Waals surface area contributed by atoms with Crippen LogP contribution < -0.4 is 0 Å². The van der Waals surface area contributed by atoms with Crippen molar-refractivity contribution in [2.24, 2.45) is 0 Å². The topological polar surface area (TPSA) is 0 Å².